The molecule has 38 heavy (non-hydrogen) atoms. The third-order valence-corrected chi connectivity index (χ3v) is 6.14. The number of nitrogens with one attached hydrogen (secondary N) is 3. The number of ether oxygens (including phenoxy) is 1. The van der Waals surface area contributed by atoms with Gasteiger partial charge in [-0.15, -0.1) is 0 Å². The molecule has 0 fully saturated rings. The molecular formula is C30H30N6O2. The summed E-state index contributed by atoms with van der Waals surface area (Å²) in [5.41, 5.74) is 4.95. The minimum Gasteiger partial charge on any atom is -0.467 e. The monoisotopic (exact) mass is 506 g/mol. The van der Waals surface area contributed by atoms with Crippen molar-refractivity contribution in [3.8, 4) is 6.01 Å². The molecule has 1 heterocycles. The van der Waals surface area contributed by atoms with E-state index in [1.165, 1.54) is 13.3 Å². The van der Waals surface area contributed by atoms with E-state index >= 15 is 0 Å². The minimum atomic E-state index is -0.705. The van der Waals surface area contributed by atoms with Gasteiger partial charge in [-0.1, -0.05) is 60.7 Å². The molecule has 0 unspecified atom stereocenters. The molecule has 0 saturated heterocycles. The van der Waals surface area contributed by atoms with Crippen LogP contribution in [0.3, 0.4) is 0 Å². The number of methoxy groups -OCH3 is 1. The van der Waals surface area contributed by atoms with Crippen LogP contribution in [-0.2, 0) is 4.79 Å². The molecule has 192 valence electrons. The molecule has 4 aromatic rings. The van der Waals surface area contributed by atoms with Crippen molar-refractivity contribution >= 4 is 29.7 Å². The maximum absolute atomic E-state index is 11.4. The van der Waals surface area contributed by atoms with E-state index in [9.17, 15) is 4.79 Å². The van der Waals surface area contributed by atoms with Crippen LogP contribution in [0.5, 0.6) is 6.01 Å². The van der Waals surface area contributed by atoms with E-state index in [0.29, 0.717) is 23.3 Å². The Morgan fingerprint density at radius 1 is 0.974 bits per heavy atom. The summed E-state index contributed by atoms with van der Waals surface area (Å²) in [6, 6.07) is 25.5. The molecule has 1 aromatic heterocycles. The number of aromatic nitrogens is 2. The number of anilines is 1. The summed E-state index contributed by atoms with van der Waals surface area (Å²) in [5, 5.41) is 14.5. The van der Waals surface area contributed by atoms with Crippen molar-refractivity contribution < 1.29 is 9.53 Å². The van der Waals surface area contributed by atoms with E-state index in [1.54, 1.807) is 12.4 Å². The van der Waals surface area contributed by atoms with Crippen LogP contribution >= 0.6 is 0 Å². The van der Waals surface area contributed by atoms with Crippen LogP contribution in [-0.4, -0.2) is 41.0 Å². The van der Waals surface area contributed by atoms with Gasteiger partial charge in [0.15, 0.2) is 0 Å². The summed E-state index contributed by atoms with van der Waals surface area (Å²) in [6.45, 7) is 3.80. The van der Waals surface area contributed by atoms with E-state index in [2.05, 4.69) is 20.6 Å². The van der Waals surface area contributed by atoms with Crippen molar-refractivity contribution in [3.05, 3.63) is 114 Å². The zero-order valence-corrected chi connectivity index (χ0v) is 21.6. The largest absolute Gasteiger partial charge is 0.467 e. The standard InChI is InChI=1S/C30H30N6O2/c1-30(2,34-20-37)28(24-18-32-29(38-3)33-19-24)36-26-15-14-25(16-23(26)17-31)35-27(21-10-6-4-7-11-21)22-12-8-5-9-13-22/h4-20,28,31,36H,1-3H3,(H,34,37)/t28-/m1/s1. The summed E-state index contributed by atoms with van der Waals surface area (Å²) in [4.78, 5) is 24.8. The predicted octanol–water partition coefficient (Wildman–Crippen LogP) is 5.33. The summed E-state index contributed by atoms with van der Waals surface area (Å²) in [5.74, 6) is 0. The molecule has 1 amide bonds. The third kappa shape index (κ3) is 6.10. The SMILES string of the molecule is COc1ncc([C@@H](Nc2ccc(N=C(c3ccccc3)c3ccccc3)cc2C=N)C(C)(C)NC=O)cn1. The lowest BCUT2D eigenvalue weighted by Crippen LogP contribution is -2.47. The summed E-state index contributed by atoms with van der Waals surface area (Å²) in [7, 11) is 1.50. The number of aliphatic imine (C=N–C) groups is 1. The average molecular weight is 507 g/mol. The first kappa shape index (κ1) is 26.2. The van der Waals surface area contributed by atoms with Crippen LogP contribution in [0.25, 0.3) is 0 Å². The topological polar surface area (TPSA) is 112 Å². The Bertz CT molecular complexity index is 1360. The molecule has 0 saturated carbocycles. The van der Waals surface area contributed by atoms with E-state index in [4.69, 9.17) is 15.1 Å². The highest BCUT2D eigenvalue weighted by atomic mass is 16.5. The molecular weight excluding hydrogens is 476 g/mol. The van der Waals surface area contributed by atoms with Crippen molar-refractivity contribution in [3.63, 3.8) is 0 Å². The maximum Gasteiger partial charge on any atom is 0.316 e. The number of carbonyl (C=O) groups is 1. The van der Waals surface area contributed by atoms with Crippen LogP contribution in [0.2, 0.25) is 0 Å². The molecule has 0 aliphatic rings. The van der Waals surface area contributed by atoms with Gasteiger partial charge in [-0.25, -0.2) is 15.0 Å². The van der Waals surface area contributed by atoms with E-state index in [0.717, 1.165) is 22.4 Å². The van der Waals surface area contributed by atoms with Gasteiger partial charge in [0.25, 0.3) is 0 Å². The van der Waals surface area contributed by atoms with Crippen LogP contribution < -0.4 is 15.4 Å². The molecule has 3 aromatic carbocycles. The highest BCUT2D eigenvalue weighted by molar-refractivity contribution is 6.14. The summed E-state index contributed by atoms with van der Waals surface area (Å²) in [6.07, 6.45) is 5.27. The first-order valence-electron chi connectivity index (χ1n) is 12.1. The Hall–Kier alpha value is -4.85. The highest BCUT2D eigenvalue weighted by Crippen LogP contribution is 2.32. The molecule has 4 rings (SSSR count). The third-order valence-electron chi connectivity index (χ3n) is 6.14. The van der Waals surface area contributed by atoms with Crippen molar-refractivity contribution in [2.45, 2.75) is 25.4 Å². The normalized spacial score (nSPS) is 11.7. The maximum atomic E-state index is 11.4. The number of hydrogen-bond acceptors (Lipinski definition) is 7. The Morgan fingerprint density at radius 3 is 2.11 bits per heavy atom. The number of benzene rings is 3. The number of rotatable bonds is 11. The van der Waals surface area contributed by atoms with Crippen LogP contribution in [0.1, 0.15) is 42.1 Å². The second kappa shape index (κ2) is 11.9. The number of hydrogen-bond donors (Lipinski definition) is 3. The fourth-order valence-corrected chi connectivity index (χ4v) is 4.14. The van der Waals surface area contributed by atoms with Crippen molar-refractivity contribution in [1.29, 1.82) is 5.41 Å². The molecule has 0 bridgehead atoms. The first-order chi connectivity index (χ1) is 18.4. The molecule has 0 spiro atoms. The molecule has 0 aliphatic heterocycles. The minimum absolute atomic E-state index is 0.253. The van der Waals surface area contributed by atoms with Crippen molar-refractivity contribution in [2.75, 3.05) is 12.4 Å². The Morgan fingerprint density at radius 2 is 1.58 bits per heavy atom. The van der Waals surface area contributed by atoms with Crippen molar-refractivity contribution in [1.82, 2.24) is 15.3 Å². The van der Waals surface area contributed by atoms with Gasteiger partial charge in [-0.3, -0.25) is 4.79 Å². The van der Waals surface area contributed by atoms with Crippen LogP contribution in [0.15, 0.2) is 96.2 Å². The fraction of sp³-hybridized carbons (Fsp3) is 0.167. The van der Waals surface area contributed by atoms with E-state index in [1.807, 2.05) is 92.7 Å². The van der Waals surface area contributed by atoms with Gasteiger partial charge in [-0.05, 0) is 32.0 Å². The Kier molecular flexibility index (Phi) is 8.23. The molecule has 1 atom stereocenters. The molecule has 8 heteroatoms. The lowest BCUT2D eigenvalue weighted by molar-refractivity contribution is -0.111. The summed E-state index contributed by atoms with van der Waals surface area (Å²) >= 11 is 0. The quantitative estimate of drug-likeness (QED) is 0.188. The molecule has 8 nitrogen and oxygen atoms in total. The molecule has 0 aliphatic carbocycles. The van der Waals surface area contributed by atoms with Crippen LogP contribution in [0, 0.1) is 5.41 Å². The van der Waals surface area contributed by atoms with Gasteiger partial charge in [0.2, 0.25) is 6.41 Å². The summed E-state index contributed by atoms with van der Waals surface area (Å²) < 4.78 is 5.09. The molecule has 0 radical (unpaired) electrons. The van der Waals surface area contributed by atoms with Gasteiger partial charge >= 0.3 is 6.01 Å². The Labute approximate surface area is 222 Å². The highest BCUT2D eigenvalue weighted by Gasteiger charge is 2.31. The fourth-order valence-electron chi connectivity index (χ4n) is 4.14. The van der Waals surface area contributed by atoms with E-state index in [-0.39, 0.29) is 6.01 Å². The zero-order chi connectivity index (χ0) is 27.0. The van der Waals surface area contributed by atoms with Gasteiger partial charge in [0.1, 0.15) is 0 Å². The first-order valence-corrected chi connectivity index (χ1v) is 12.1. The average Bonchev–Trinajstić information content (AvgIpc) is 2.96. The zero-order valence-electron chi connectivity index (χ0n) is 21.6. The second-order valence-electron chi connectivity index (χ2n) is 9.17. The molecule has 3 N–H and O–H groups in total. The van der Waals surface area contributed by atoms with Gasteiger partial charge in [0.05, 0.1) is 30.1 Å². The number of carbonyl (C=O) groups excluding carboxylic acids is 1. The predicted molar refractivity (Wildman–Crippen MR) is 151 cm³/mol. The lowest BCUT2D eigenvalue weighted by atomic mass is 9.89. The van der Waals surface area contributed by atoms with E-state index < -0.39 is 11.6 Å². The lowest BCUT2D eigenvalue weighted by Gasteiger charge is -2.35. The van der Waals surface area contributed by atoms with Gasteiger partial charge in [0, 0.05) is 46.5 Å². The van der Waals surface area contributed by atoms with Crippen LogP contribution in [0.4, 0.5) is 11.4 Å². The number of nitrogens with zero attached hydrogens (tertiary/aromatic N) is 3. The smallest absolute Gasteiger partial charge is 0.316 e. The van der Waals surface area contributed by atoms with Gasteiger partial charge < -0.3 is 20.8 Å². The number of amides is 1. The van der Waals surface area contributed by atoms with Crippen molar-refractivity contribution in [2.24, 2.45) is 4.99 Å². The second-order valence-corrected chi connectivity index (χ2v) is 9.17. The van der Waals surface area contributed by atoms with Gasteiger partial charge in [-0.2, -0.15) is 0 Å². The Balaban J connectivity index is 1.73.